The zero-order valence-corrected chi connectivity index (χ0v) is 20.3. The molecule has 3 rings (SSSR count). The number of carbonyl (C=O) groups excluding carboxylic acids is 2. The first-order chi connectivity index (χ1) is 17.7. The third-order valence-corrected chi connectivity index (χ3v) is 6.61. The summed E-state index contributed by atoms with van der Waals surface area (Å²) in [6.45, 7) is -1.01. The Bertz CT molecular complexity index is 1390. The fourth-order valence-electron chi connectivity index (χ4n) is 3.04. The molecule has 0 radical (unpaired) electrons. The second-order valence-electron chi connectivity index (χ2n) is 7.30. The zero-order valence-electron chi connectivity index (χ0n) is 19.5. The van der Waals surface area contributed by atoms with Crippen molar-refractivity contribution in [2.45, 2.75) is 4.90 Å². The number of benzene rings is 3. The van der Waals surface area contributed by atoms with Crippen LogP contribution in [0.25, 0.3) is 0 Å². The molecule has 12 nitrogen and oxygen atoms in total. The number of nitrogens with one attached hydrogen (secondary N) is 1. The minimum atomic E-state index is -4.33. The number of sulfonamides is 1. The zero-order chi connectivity index (χ0) is 26.8. The molecule has 0 spiro atoms. The minimum absolute atomic E-state index is 0.140. The third kappa shape index (κ3) is 7.11. The van der Waals surface area contributed by atoms with Gasteiger partial charge in [-0.1, -0.05) is 30.3 Å². The number of para-hydroxylation sites is 2. The molecule has 0 aliphatic rings. The molecular weight excluding hydrogens is 504 g/mol. The summed E-state index contributed by atoms with van der Waals surface area (Å²) in [7, 11) is -3.08. The van der Waals surface area contributed by atoms with Crippen LogP contribution in [0.15, 0.2) is 88.9 Å². The van der Waals surface area contributed by atoms with E-state index in [-0.39, 0.29) is 17.2 Å². The van der Waals surface area contributed by atoms with E-state index in [9.17, 15) is 28.1 Å². The molecule has 0 atom stereocenters. The molecule has 3 aromatic rings. The predicted molar refractivity (Wildman–Crippen MR) is 134 cm³/mol. The number of ether oxygens (including phenoxy) is 2. The van der Waals surface area contributed by atoms with Gasteiger partial charge in [-0.25, -0.2) is 22.9 Å². The smallest absolute Gasteiger partial charge is 0.343 e. The van der Waals surface area contributed by atoms with Crippen LogP contribution in [-0.4, -0.2) is 51.7 Å². The number of nitro groups is 1. The van der Waals surface area contributed by atoms with Crippen molar-refractivity contribution in [1.82, 2.24) is 5.43 Å². The van der Waals surface area contributed by atoms with E-state index in [4.69, 9.17) is 4.74 Å². The van der Waals surface area contributed by atoms with Gasteiger partial charge in [0.05, 0.1) is 23.1 Å². The number of hydrogen-bond acceptors (Lipinski definition) is 9. The van der Waals surface area contributed by atoms with E-state index in [0.717, 1.165) is 6.07 Å². The van der Waals surface area contributed by atoms with E-state index in [1.54, 1.807) is 30.3 Å². The van der Waals surface area contributed by atoms with Gasteiger partial charge in [0.25, 0.3) is 21.6 Å². The van der Waals surface area contributed by atoms with E-state index in [2.05, 4.69) is 15.3 Å². The lowest BCUT2D eigenvalue weighted by molar-refractivity contribution is -0.384. The molecule has 0 heterocycles. The maximum absolute atomic E-state index is 13.3. The lowest BCUT2D eigenvalue weighted by Gasteiger charge is -2.23. The standard InChI is InChI=1S/C24H22N4O8S/c1-35-24(30)17-36-19-13-11-18(12-14-19)15-25-26-23(29)16-27(21-9-5-6-10-22(21)28(31)32)37(33,34)20-7-3-2-4-8-20/h2-15H,16-17H2,1H3,(H,26,29)/b25-15-. The maximum atomic E-state index is 13.3. The minimum Gasteiger partial charge on any atom is -0.482 e. The summed E-state index contributed by atoms with van der Waals surface area (Å²) < 4.78 is 37.1. The van der Waals surface area contributed by atoms with E-state index in [1.807, 2.05) is 0 Å². The van der Waals surface area contributed by atoms with Gasteiger partial charge in [-0.05, 0) is 48.0 Å². The summed E-state index contributed by atoms with van der Waals surface area (Å²) in [5.41, 5.74) is 2.05. The highest BCUT2D eigenvalue weighted by molar-refractivity contribution is 7.92. The van der Waals surface area contributed by atoms with Crippen molar-refractivity contribution in [2.24, 2.45) is 5.10 Å². The number of hydrazone groups is 1. The van der Waals surface area contributed by atoms with Crippen LogP contribution >= 0.6 is 0 Å². The molecule has 1 amide bonds. The Morgan fingerprint density at radius 2 is 1.68 bits per heavy atom. The van der Waals surface area contributed by atoms with Crippen LogP contribution in [-0.2, 0) is 24.3 Å². The van der Waals surface area contributed by atoms with Gasteiger partial charge in [0.1, 0.15) is 18.0 Å². The Kier molecular flexibility index (Phi) is 8.89. The highest BCUT2D eigenvalue weighted by Crippen LogP contribution is 2.31. The largest absolute Gasteiger partial charge is 0.482 e. The van der Waals surface area contributed by atoms with E-state index < -0.39 is 39.1 Å². The van der Waals surface area contributed by atoms with Crippen molar-refractivity contribution in [1.29, 1.82) is 0 Å². The second-order valence-corrected chi connectivity index (χ2v) is 9.16. The molecule has 0 aliphatic heterocycles. The number of rotatable bonds is 11. The van der Waals surface area contributed by atoms with Crippen LogP contribution < -0.4 is 14.5 Å². The molecular formula is C24H22N4O8S. The molecule has 37 heavy (non-hydrogen) atoms. The van der Waals surface area contributed by atoms with Gasteiger partial charge in [0.15, 0.2) is 6.61 Å². The van der Waals surface area contributed by atoms with Crippen LogP contribution in [0.5, 0.6) is 5.75 Å². The monoisotopic (exact) mass is 526 g/mol. The van der Waals surface area contributed by atoms with E-state index in [1.165, 1.54) is 55.8 Å². The number of carbonyl (C=O) groups is 2. The average molecular weight is 527 g/mol. The topological polar surface area (TPSA) is 158 Å². The summed E-state index contributed by atoms with van der Waals surface area (Å²) in [6.07, 6.45) is 1.31. The number of nitro benzene ring substituents is 1. The van der Waals surface area contributed by atoms with Crippen molar-refractivity contribution in [3.05, 3.63) is 94.5 Å². The number of esters is 1. The van der Waals surface area contributed by atoms with Crippen LogP contribution in [0.4, 0.5) is 11.4 Å². The first-order valence-electron chi connectivity index (χ1n) is 10.6. The first-order valence-corrected chi connectivity index (χ1v) is 12.1. The molecule has 0 bridgehead atoms. The molecule has 0 unspecified atom stereocenters. The second kappa shape index (κ2) is 12.3. The van der Waals surface area contributed by atoms with Gasteiger partial charge in [0, 0.05) is 6.07 Å². The van der Waals surface area contributed by atoms with Crippen molar-refractivity contribution in [2.75, 3.05) is 24.6 Å². The number of anilines is 1. The van der Waals surface area contributed by atoms with E-state index in [0.29, 0.717) is 15.6 Å². The Labute approximate surface area is 212 Å². The number of methoxy groups -OCH3 is 1. The number of hydrogen-bond donors (Lipinski definition) is 1. The summed E-state index contributed by atoms with van der Waals surface area (Å²) in [6, 6.07) is 18.9. The van der Waals surface area contributed by atoms with E-state index >= 15 is 0 Å². The summed E-state index contributed by atoms with van der Waals surface area (Å²) in [5.74, 6) is -0.942. The lowest BCUT2D eigenvalue weighted by Crippen LogP contribution is -2.39. The van der Waals surface area contributed by atoms with Crippen molar-refractivity contribution in [3.63, 3.8) is 0 Å². The fourth-order valence-corrected chi connectivity index (χ4v) is 4.50. The first kappa shape index (κ1) is 26.8. The number of amides is 1. The predicted octanol–water partition coefficient (Wildman–Crippen LogP) is 2.49. The molecule has 1 N–H and O–H groups in total. The highest BCUT2D eigenvalue weighted by Gasteiger charge is 2.31. The number of nitrogens with zero attached hydrogens (tertiary/aromatic N) is 3. The van der Waals surface area contributed by atoms with Crippen LogP contribution in [0, 0.1) is 10.1 Å². The van der Waals surface area contributed by atoms with Crippen molar-refractivity contribution >= 4 is 39.5 Å². The SMILES string of the molecule is COC(=O)COc1ccc(/C=N\NC(=O)CN(c2ccccc2[N+](=O)[O-])S(=O)(=O)c2ccccc2)cc1. The van der Waals surface area contributed by atoms with Crippen LogP contribution in [0.3, 0.4) is 0 Å². The quantitative estimate of drug-likeness (QED) is 0.173. The average Bonchev–Trinajstić information content (AvgIpc) is 2.91. The molecule has 13 heteroatoms. The van der Waals surface area contributed by atoms with Gasteiger partial charge in [-0.3, -0.25) is 14.9 Å². The summed E-state index contributed by atoms with van der Waals surface area (Å²) in [5, 5.41) is 15.4. The lowest BCUT2D eigenvalue weighted by atomic mass is 10.2. The van der Waals surface area contributed by atoms with Gasteiger partial charge in [-0.2, -0.15) is 5.10 Å². The van der Waals surface area contributed by atoms with Gasteiger partial charge in [-0.15, -0.1) is 0 Å². The Hall–Kier alpha value is -4.78. The molecule has 0 aromatic heterocycles. The molecule has 0 saturated heterocycles. The fraction of sp³-hybridized carbons (Fsp3) is 0.125. The van der Waals surface area contributed by atoms with Crippen molar-refractivity contribution in [3.8, 4) is 5.75 Å². The maximum Gasteiger partial charge on any atom is 0.343 e. The van der Waals surface area contributed by atoms with Crippen molar-refractivity contribution < 1.29 is 32.4 Å². The molecule has 192 valence electrons. The molecule has 3 aromatic carbocycles. The Morgan fingerprint density at radius 1 is 1.03 bits per heavy atom. The Balaban J connectivity index is 1.76. The third-order valence-electron chi connectivity index (χ3n) is 4.83. The highest BCUT2D eigenvalue weighted by atomic mass is 32.2. The van der Waals surface area contributed by atoms with Crippen LogP contribution in [0.2, 0.25) is 0 Å². The Morgan fingerprint density at radius 3 is 2.32 bits per heavy atom. The molecule has 0 saturated carbocycles. The molecule has 0 fully saturated rings. The van der Waals surface area contributed by atoms with Gasteiger partial charge in [0.2, 0.25) is 0 Å². The summed E-state index contributed by atoms with van der Waals surface area (Å²) in [4.78, 5) is 34.5. The molecule has 0 aliphatic carbocycles. The van der Waals surface area contributed by atoms with Gasteiger partial charge < -0.3 is 9.47 Å². The normalized spacial score (nSPS) is 11.1. The van der Waals surface area contributed by atoms with Crippen LogP contribution in [0.1, 0.15) is 5.56 Å². The summed E-state index contributed by atoms with van der Waals surface area (Å²) >= 11 is 0. The van der Waals surface area contributed by atoms with Gasteiger partial charge >= 0.3 is 5.97 Å².